The third-order valence-corrected chi connectivity index (χ3v) is 3.22. The molecule has 0 aliphatic heterocycles. The molecule has 0 saturated carbocycles. The Morgan fingerprint density at radius 1 is 1.11 bits per heavy atom. The van der Waals surface area contributed by atoms with E-state index in [1.807, 2.05) is 25.2 Å². The average Bonchev–Trinajstić information content (AvgIpc) is 2.63. The van der Waals surface area contributed by atoms with Crippen molar-refractivity contribution >= 4 is 5.91 Å². The number of carbonyl (C=O) groups excluding carboxylic acids is 1. The molecule has 0 radical (unpaired) electrons. The van der Waals surface area contributed by atoms with Gasteiger partial charge in [0.05, 0.1) is 6.04 Å². The van der Waals surface area contributed by atoms with E-state index in [0.29, 0.717) is 6.42 Å². The van der Waals surface area contributed by atoms with Gasteiger partial charge in [-0.2, -0.15) is 0 Å². The van der Waals surface area contributed by atoms with Gasteiger partial charge in [0.2, 0.25) is 5.91 Å². The summed E-state index contributed by atoms with van der Waals surface area (Å²) >= 11 is 0. The number of likely N-dealkylation sites (N-methyl/N-ethyl adjacent to an activating group) is 2. The summed E-state index contributed by atoms with van der Waals surface area (Å²) in [7, 11) is 3.47. The molecule has 2 N–H and O–H groups in total. The van der Waals surface area contributed by atoms with E-state index in [1.54, 1.807) is 7.05 Å². The summed E-state index contributed by atoms with van der Waals surface area (Å²) in [5.41, 5.74) is 3.62. The minimum absolute atomic E-state index is 0.0205. The Labute approximate surface area is 108 Å². The summed E-state index contributed by atoms with van der Waals surface area (Å²) in [5.74, 6) is 0.0205. The quantitative estimate of drug-likeness (QED) is 0.856. The van der Waals surface area contributed by atoms with Crippen LogP contribution in [0.2, 0.25) is 0 Å². The molecule has 0 bridgehead atoms. The fourth-order valence-corrected chi connectivity index (χ4v) is 2.18. The molecule has 0 aromatic heterocycles. The Morgan fingerprint density at radius 3 is 2.61 bits per heavy atom. The molecule has 0 aromatic carbocycles. The second-order valence-electron chi connectivity index (χ2n) is 4.30. The van der Waals surface area contributed by atoms with Gasteiger partial charge in [-0.3, -0.25) is 4.79 Å². The van der Waals surface area contributed by atoms with E-state index in [0.717, 1.165) is 0 Å². The Hall–Kier alpha value is -1.87. The zero-order valence-electron chi connectivity index (χ0n) is 10.7. The second kappa shape index (κ2) is 5.65. The molecule has 0 heterocycles. The van der Waals surface area contributed by atoms with Crippen LogP contribution < -0.4 is 10.6 Å². The third-order valence-electron chi connectivity index (χ3n) is 3.22. The van der Waals surface area contributed by atoms with E-state index >= 15 is 0 Å². The molecule has 18 heavy (non-hydrogen) atoms. The number of rotatable bonds is 4. The Morgan fingerprint density at radius 2 is 1.89 bits per heavy atom. The van der Waals surface area contributed by atoms with E-state index in [4.69, 9.17) is 0 Å². The normalized spacial score (nSPS) is 12.3. The first kappa shape index (κ1) is 12.6. The van der Waals surface area contributed by atoms with Crippen LogP contribution in [0.4, 0.5) is 0 Å². The molecule has 0 saturated heterocycles. The molecule has 3 nitrogen and oxygen atoms in total. The monoisotopic (exact) mass is 242 g/mol. The first-order valence-electron chi connectivity index (χ1n) is 6.11. The number of nitrogens with one attached hydrogen (secondary N) is 2. The van der Waals surface area contributed by atoms with Crippen LogP contribution in [0.5, 0.6) is 0 Å². The largest absolute Gasteiger partial charge is 0.358 e. The van der Waals surface area contributed by atoms with Crippen molar-refractivity contribution in [2.45, 2.75) is 12.5 Å². The van der Waals surface area contributed by atoms with E-state index in [2.05, 4.69) is 34.9 Å². The van der Waals surface area contributed by atoms with Gasteiger partial charge in [-0.25, -0.2) is 0 Å². The van der Waals surface area contributed by atoms with Crippen molar-refractivity contribution in [3.8, 4) is 11.1 Å². The van der Waals surface area contributed by atoms with Crippen molar-refractivity contribution < 1.29 is 4.79 Å². The molecule has 1 unspecified atom stereocenters. The SMILES string of the molecule is CNC(=O)C(Cc1ccc2cccccc1-2)NC. The maximum Gasteiger partial charge on any atom is 0.237 e. The number of carbonyl (C=O) groups is 1. The lowest BCUT2D eigenvalue weighted by Crippen LogP contribution is -2.42. The van der Waals surface area contributed by atoms with E-state index in [9.17, 15) is 4.79 Å². The second-order valence-corrected chi connectivity index (χ2v) is 4.30. The molecule has 2 rings (SSSR count). The number of hydrogen-bond donors (Lipinski definition) is 2. The van der Waals surface area contributed by atoms with Gasteiger partial charge in [-0.1, -0.05) is 42.5 Å². The Balaban J connectivity index is 2.26. The highest BCUT2D eigenvalue weighted by molar-refractivity contribution is 5.82. The third kappa shape index (κ3) is 2.51. The van der Waals surface area contributed by atoms with Crippen LogP contribution >= 0.6 is 0 Å². The Bertz CT molecular complexity index is 510. The van der Waals surface area contributed by atoms with Gasteiger partial charge >= 0.3 is 0 Å². The summed E-state index contributed by atoms with van der Waals surface area (Å²) in [6.07, 6.45) is 0.698. The van der Waals surface area contributed by atoms with Gasteiger partial charge in [-0.15, -0.1) is 0 Å². The van der Waals surface area contributed by atoms with Crippen LogP contribution in [0.1, 0.15) is 5.56 Å². The molecule has 94 valence electrons. The highest BCUT2D eigenvalue weighted by atomic mass is 16.2. The molecule has 1 amide bonds. The lowest BCUT2D eigenvalue weighted by molar-refractivity contribution is -0.122. The van der Waals surface area contributed by atoms with Crippen molar-refractivity contribution in [3.63, 3.8) is 0 Å². The van der Waals surface area contributed by atoms with E-state index in [1.165, 1.54) is 16.7 Å². The molecule has 2 aliphatic rings. The van der Waals surface area contributed by atoms with Crippen LogP contribution in [0.25, 0.3) is 11.1 Å². The highest BCUT2D eigenvalue weighted by Gasteiger charge is 2.18. The van der Waals surface area contributed by atoms with Gasteiger partial charge < -0.3 is 10.6 Å². The minimum atomic E-state index is -0.189. The average molecular weight is 242 g/mol. The summed E-state index contributed by atoms with van der Waals surface area (Å²) < 4.78 is 0. The fourth-order valence-electron chi connectivity index (χ4n) is 2.18. The fraction of sp³-hybridized carbons (Fsp3) is 0.267. The van der Waals surface area contributed by atoms with Crippen molar-refractivity contribution in [2.24, 2.45) is 0 Å². The topological polar surface area (TPSA) is 41.1 Å². The first-order valence-corrected chi connectivity index (χ1v) is 6.11. The zero-order chi connectivity index (χ0) is 13.0. The van der Waals surface area contributed by atoms with Crippen LogP contribution in [0, 0.1) is 0 Å². The maximum atomic E-state index is 11.7. The first-order chi connectivity index (χ1) is 8.76. The maximum absolute atomic E-state index is 11.7. The number of fused-ring (bicyclic) bond motifs is 1. The van der Waals surface area contributed by atoms with E-state index in [-0.39, 0.29) is 11.9 Å². The molecule has 1 atom stereocenters. The minimum Gasteiger partial charge on any atom is -0.358 e. The van der Waals surface area contributed by atoms with Crippen LogP contribution in [-0.4, -0.2) is 26.0 Å². The molecular weight excluding hydrogens is 224 g/mol. The molecule has 2 aliphatic carbocycles. The van der Waals surface area contributed by atoms with Gasteiger partial charge in [0.15, 0.2) is 0 Å². The highest BCUT2D eigenvalue weighted by Crippen LogP contribution is 2.27. The summed E-state index contributed by atoms with van der Waals surface area (Å²) in [6, 6.07) is 14.3. The van der Waals surface area contributed by atoms with Crippen molar-refractivity contribution in [1.29, 1.82) is 0 Å². The lowest BCUT2D eigenvalue weighted by atomic mass is 10.0. The predicted molar refractivity (Wildman–Crippen MR) is 73.7 cm³/mol. The zero-order valence-corrected chi connectivity index (χ0v) is 10.7. The van der Waals surface area contributed by atoms with Crippen molar-refractivity contribution in [3.05, 3.63) is 48.0 Å². The smallest absolute Gasteiger partial charge is 0.237 e. The van der Waals surface area contributed by atoms with Gasteiger partial charge in [0, 0.05) is 7.05 Å². The standard InChI is InChI=1S/C15H18N2O/c1-16-14(15(18)17-2)10-12-9-8-11-6-4-3-5-7-13(11)12/h3-9,14,16H,10H2,1-2H3,(H,17,18). The van der Waals surface area contributed by atoms with Gasteiger partial charge in [-0.05, 0) is 30.2 Å². The van der Waals surface area contributed by atoms with Crippen LogP contribution in [-0.2, 0) is 11.2 Å². The molecule has 0 aromatic rings. The summed E-state index contributed by atoms with van der Waals surface area (Å²) in [4.78, 5) is 11.7. The van der Waals surface area contributed by atoms with Crippen molar-refractivity contribution in [1.82, 2.24) is 10.6 Å². The van der Waals surface area contributed by atoms with Crippen molar-refractivity contribution in [2.75, 3.05) is 14.1 Å². The van der Waals surface area contributed by atoms with E-state index < -0.39 is 0 Å². The summed E-state index contributed by atoms with van der Waals surface area (Å²) in [6.45, 7) is 0. The molecule has 0 spiro atoms. The van der Waals surface area contributed by atoms with Gasteiger partial charge in [0.25, 0.3) is 0 Å². The Kier molecular flexibility index (Phi) is 3.95. The molecule has 3 heteroatoms. The van der Waals surface area contributed by atoms with Gasteiger partial charge in [0.1, 0.15) is 0 Å². The van der Waals surface area contributed by atoms with Crippen LogP contribution in [0.15, 0.2) is 42.5 Å². The number of hydrogen-bond acceptors (Lipinski definition) is 2. The molecule has 0 fully saturated rings. The van der Waals surface area contributed by atoms with Crippen LogP contribution in [0.3, 0.4) is 0 Å². The lowest BCUT2D eigenvalue weighted by Gasteiger charge is -2.14. The molecular formula is C15H18N2O. The number of amides is 1. The predicted octanol–water partition coefficient (Wildman–Crippen LogP) is 1.67. The summed E-state index contributed by atoms with van der Waals surface area (Å²) in [5, 5.41) is 5.73.